The van der Waals surface area contributed by atoms with Crippen molar-refractivity contribution in [1.29, 1.82) is 0 Å². The van der Waals surface area contributed by atoms with E-state index in [0.29, 0.717) is 5.56 Å². The number of amides is 2. The Morgan fingerprint density at radius 2 is 1.80 bits per heavy atom. The van der Waals surface area contributed by atoms with Crippen LogP contribution in [0.25, 0.3) is 0 Å². The molecule has 0 aliphatic heterocycles. The third-order valence-electron chi connectivity index (χ3n) is 3.74. The highest BCUT2D eigenvalue weighted by Gasteiger charge is 2.16. The van der Waals surface area contributed by atoms with Crippen molar-refractivity contribution in [2.45, 2.75) is 13.5 Å². The van der Waals surface area contributed by atoms with E-state index in [4.69, 9.17) is 4.74 Å². The lowest BCUT2D eigenvalue weighted by Crippen LogP contribution is -2.23. The standard InChI is InChI=1S/C19H22N2O4/c1-12-9-15(17(22)16(10-12)25-4)18(23)20-11-13-5-7-14(8-6-13)19(24)21(2)3/h5-10,22H,11H2,1-4H3,(H,20,23). The summed E-state index contributed by atoms with van der Waals surface area (Å²) in [6.07, 6.45) is 0. The molecule has 132 valence electrons. The van der Waals surface area contributed by atoms with Crippen LogP contribution in [-0.2, 0) is 6.54 Å². The van der Waals surface area contributed by atoms with Gasteiger partial charge in [-0.05, 0) is 42.3 Å². The number of methoxy groups -OCH3 is 1. The number of hydrogen-bond donors (Lipinski definition) is 2. The molecule has 25 heavy (non-hydrogen) atoms. The molecule has 0 bridgehead atoms. The number of nitrogens with zero attached hydrogens (tertiary/aromatic N) is 1. The van der Waals surface area contributed by atoms with E-state index in [9.17, 15) is 14.7 Å². The molecule has 0 aliphatic rings. The Kier molecular flexibility index (Phi) is 5.64. The van der Waals surface area contributed by atoms with E-state index in [-0.39, 0.29) is 29.5 Å². The molecule has 0 saturated carbocycles. The Morgan fingerprint density at radius 1 is 1.16 bits per heavy atom. The van der Waals surface area contributed by atoms with Gasteiger partial charge in [0, 0.05) is 26.2 Å². The molecule has 0 aromatic heterocycles. The fourth-order valence-corrected chi connectivity index (χ4v) is 2.38. The Hall–Kier alpha value is -3.02. The molecule has 0 saturated heterocycles. The molecule has 2 N–H and O–H groups in total. The molecule has 2 rings (SSSR count). The molecular weight excluding hydrogens is 320 g/mol. The molecule has 2 aromatic rings. The van der Waals surface area contributed by atoms with Crippen LogP contribution in [0, 0.1) is 6.92 Å². The van der Waals surface area contributed by atoms with Crippen LogP contribution in [0.4, 0.5) is 0 Å². The lowest BCUT2D eigenvalue weighted by molar-refractivity contribution is 0.0827. The van der Waals surface area contributed by atoms with Crippen molar-refractivity contribution in [3.8, 4) is 11.5 Å². The van der Waals surface area contributed by atoms with Gasteiger partial charge in [-0.2, -0.15) is 0 Å². The summed E-state index contributed by atoms with van der Waals surface area (Å²) in [6.45, 7) is 2.10. The molecule has 2 aromatic carbocycles. The molecule has 6 nitrogen and oxygen atoms in total. The van der Waals surface area contributed by atoms with Crippen molar-refractivity contribution in [3.63, 3.8) is 0 Å². The van der Waals surface area contributed by atoms with Gasteiger partial charge in [-0.15, -0.1) is 0 Å². The first-order chi connectivity index (χ1) is 11.8. The molecular formula is C19H22N2O4. The van der Waals surface area contributed by atoms with Gasteiger partial charge in [0.1, 0.15) is 0 Å². The van der Waals surface area contributed by atoms with Crippen LogP contribution < -0.4 is 10.1 Å². The van der Waals surface area contributed by atoms with Gasteiger partial charge in [-0.25, -0.2) is 0 Å². The topological polar surface area (TPSA) is 78.9 Å². The van der Waals surface area contributed by atoms with Crippen molar-refractivity contribution in [3.05, 3.63) is 58.7 Å². The number of nitrogens with one attached hydrogen (secondary N) is 1. The lowest BCUT2D eigenvalue weighted by atomic mass is 10.1. The zero-order chi connectivity index (χ0) is 18.6. The van der Waals surface area contributed by atoms with E-state index < -0.39 is 5.91 Å². The van der Waals surface area contributed by atoms with E-state index in [1.54, 1.807) is 50.5 Å². The van der Waals surface area contributed by atoms with E-state index >= 15 is 0 Å². The summed E-state index contributed by atoms with van der Waals surface area (Å²) in [4.78, 5) is 25.7. The molecule has 0 atom stereocenters. The van der Waals surface area contributed by atoms with Gasteiger partial charge in [0.15, 0.2) is 11.5 Å². The molecule has 0 spiro atoms. The van der Waals surface area contributed by atoms with Crippen molar-refractivity contribution < 1.29 is 19.4 Å². The van der Waals surface area contributed by atoms with Gasteiger partial charge >= 0.3 is 0 Å². The first-order valence-electron chi connectivity index (χ1n) is 7.80. The number of ether oxygens (including phenoxy) is 1. The highest BCUT2D eigenvalue weighted by atomic mass is 16.5. The molecule has 0 fully saturated rings. The molecule has 0 unspecified atom stereocenters. The van der Waals surface area contributed by atoms with Gasteiger partial charge in [0.25, 0.3) is 11.8 Å². The predicted octanol–water partition coefficient (Wildman–Crippen LogP) is 2.34. The van der Waals surface area contributed by atoms with Crippen molar-refractivity contribution in [1.82, 2.24) is 10.2 Å². The summed E-state index contributed by atoms with van der Waals surface area (Å²) in [5.74, 6) is -0.394. The maximum absolute atomic E-state index is 12.3. The monoisotopic (exact) mass is 342 g/mol. The summed E-state index contributed by atoms with van der Waals surface area (Å²) in [7, 11) is 4.82. The molecule has 0 aliphatic carbocycles. The average molecular weight is 342 g/mol. The van der Waals surface area contributed by atoms with Gasteiger partial charge in [0.05, 0.1) is 12.7 Å². The van der Waals surface area contributed by atoms with Crippen LogP contribution in [0.2, 0.25) is 0 Å². The number of carbonyl (C=O) groups is 2. The number of phenols is 1. The SMILES string of the molecule is COc1cc(C)cc(C(=O)NCc2ccc(C(=O)N(C)C)cc2)c1O. The maximum atomic E-state index is 12.3. The average Bonchev–Trinajstić information content (AvgIpc) is 2.60. The number of aromatic hydroxyl groups is 1. The number of rotatable bonds is 5. The van der Waals surface area contributed by atoms with Crippen LogP contribution in [0.3, 0.4) is 0 Å². The largest absolute Gasteiger partial charge is 0.504 e. The first kappa shape index (κ1) is 18.3. The minimum Gasteiger partial charge on any atom is -0.504 e. The lowest BCUT2D eigenvalue weighted by Gasteiger charge is -2.12. The summed E-state index contributed by atoms with van der Waals surface area (Å²) in [6, 6.07) is 10.3. The van der Waals surface area contributed by atoms with E-state index in [1.807, 2.05) is 6.92 Å². The zero-order valence-corrected chi connectivity index (χ0v) is 14.8. The van der Waals surface area contributed by atoms with Crippen LogP contribution >= 0.6 is 0 Å². The number of carbonyl (C=O) groups excluding carboxylic acids is 2. The van der Waals surface area contributed by atoms with Crippen molar-refractivity contribution >= 4 is 11.8 Å². The highest BCUT2D eigenvalue weighted by molar-refractivity contribution is 5.98. The van der Waals surface area contributed by atoms with Crippen molar-refractivity contribution in [2.75, 3.05) is 21.2 Å². The van der Waals surface area contributed by atoms with Crippen molar-refractivity contribution in [2.24, 2.45) is 0 Å². The third-order valence-corrected chi connectivity index (χ3v) is 3.74. The summed E-state index contributed by atoms with van der Waals surface area (Å²) in [5, 5.41) is 12.9. The van der Waals surface area contributed by atoms with Crippen LogP contribution in [0.15, 0.2) is 36.4 Å². The number of phenolic OH excluding ortho intramolecular Hbond substituents is 1. The Labute approximate surface area is 147 Å². The highest BCUT2D eigenvalue weighted by Crippen LogP contribution is 2.31. The van der Waals surface area contributed by atoms with Gasteiger partial charge in [-0.3, -0.25) is 9.59 Å². The molecule has 0 heterocycles. The third kappa shape index (κ3) is 4.29. The Bertz CT molecular complexity index is 783. The van der Waals surface area contributed by atoms with Crippen LogP contribution in [0.1, 0.15) is 31.8 Å². The van der Waals surface area contributed by atoms with Gasteiger partial charge in [0.2, 0.25) is 0 Å². The van der Waals surface area contributed by atoms with Gasteiger partial charge in [-0.1, -0.05) is 12.1 Å². The quantitative estimate of drug-likeness (QED) is 0.874. The number of aryl methyl sites for hydroxylation is 1. The molecule has 2 amide bonds. The summed E-state index contributed by atoms with van der Waals surface area (Å²) < 4.78 is 5.07. The molecule has 0 radical (unpaired) electrons. The van der Waals surface area contributed by atoms with Crippen LogP contribution in [-0.4, -0.2) is 43.0 Å². The second kappa shape index (κ2) is 7.70. The second-order valence-electron chi connectivity index (χ2n) is 5.94. The normalized spacial score (nSPS) is 10.2. The van der Waals surface area contributed by atoms with E-state index in [2.05, 4.69) is 5.32 Å². The minimum absolute atomic E-state index is 0.0765. The van der Waals surface area contributed by atoms with E-state index in [1.165, 1.54) is 12.0 Å². The second-order valence-corrected chi connectivity index (χ2v) is 5.94. The van der Waals surface area contributed by atoms with Gasteiger partial charge < -0.3 is 20.1 Å². The number of benzene rings is 2. The zero-order valence-electron chi connectivity index (χ0n) is 14.8. The maximum Gasteiger partial charge on any atom is 0.255 e. The Morgan fingerprint density at radius 3 is 2.36 bits per heavy atom. The predicted molar refractivity (Wildman–Crippen MR) is 95.0 cm³/mol. The fraction of sp³-hybridized carbons (Fsp3) is 0.263. The Balaban J connectivity index is 2.08. The van der Waals surface area contributed by atoms with E-state index in [0.717, 1.165) is 11.1 Å². The smallest absolute Gasteiger partial charge is 0.255 e. The number of hydrogen-bond acceptors (Lipinski definition) is 4. The molecule has 6 heteroatoms. The summed E-state index contributed by atoms with van der Waals surface area (Å²) in [5.41, 5.74) is 2.41. The first-order valence-corrected chi connectivity index (χ1v) is 7.80. The van der Waals surface area contributed by atoms with Crippen LogP contribution in [0.5, 0.6) is 11.5 Å². The fourth-order valence-electron chi connectivity index (χ4n) is 2.38. The minimum atomic E-state index is -0.395. The summed E-state index contributed by atoms with van der Waals surface area (Å²) >= 11 is 0.